The number of amides is 3. The van der Waals surface area contributed by atoms with Gasteiger partial charge < -0.3 is 25.2 Å². The first-order chi connectivity index (χ1) is 22.8. The van der Waals surface area contributed by atoms with Crippen LogP contribution in [0.5, 0.6) is 0 Å². The Labute approximate surface area is 287 Å². The predicted molar refractivity (Wildman–Crippen MR) is 183 cm³/mol. The summed E-state index contributed by atoms with van der Waals surface area (Å²) in [6, 6.07) is 14.8. The fourth-order valence-corrected chi connectivity index (χ4v) is 9.24. The molecule has 10 heteroatoms. The summed E-state index contributed by atoms with van der Waals surface area (Å²) < 4.78 is 6.53. The molecule has 2 aromatic rings. The Morgan fingerprint density at radius 1 is 0.915 bits per heavy atom. The van der Waals surface area contributed by atoms with Crippen molar-refractivity contribution in [1.29, 1.82) is 0 Å². The number of nitrogens with zero attached hydrogens (tertiary/aromatic N) is 2. The average molecular weight is 680 g/mol. The van der Waals surface area contributed by atoms with Crippen LogP contribution in [0.15, 0.2) is 60.7 Å². The van der Waals surface area contributed by atoms with Gasteiger partial charge in [-0.1, -0.05) is 84.9 Å². The Morgan fingerprint density at radius 3 is 2.36 bits per heavy atom. The molecule has 2 aromatic carbocycles. The van der Waals surface area contributed by atoms with Crippen molar-refractivity contribution < 1.29 is 19.1 Å². The Hall–Kier alpha value is -2.91. The van der Waals surface area contributed by atoms with Crippen molar-refractivity contribution in [2.75, 3.05) is 31.5 Å². The molecule has 7 rings (SSSR count). The van der Waals surface area contributed by atoms with Gasteiger partial charge in [0.25, 0.3) is 0 Å². The zero-order valence-corrected chi connectivity index (χ0v) is 28.2. The Bertz CT molecular complexity index is 1490. The second kappa shape index (κ2) is 13.9. The third-order valence-electron chi connectivity index (χ3n) is 11.0. The molecule has 0 radical (unpaired) electrons. The van der Waals surface area contributed by atoms with Gasteiger partial charge in [0, 0.05) is 28.3 Å². The van der Waals surface area contributed by atoms with E-state index in [0.717, 1.165) is 71.0 Å². The molecule has 2 N–H and O–H groups in total. The first-order valence-electron chi connectivity index (χ1n) is 17.3. The molecule has 3 saturated heterocycles. The van der Waals surface area contributed by atoms with Crippen molar-refractivity contribution in [3.05, 3.63) is 76.3 Å². The van der Waals surface area contributed by atoms with Crippen LogP contribution in [0.3, 0.4) is 0 Å². The maximum Gasteiger partial charge on any atom is 0.246 e. The van der Waals surface area contributed by atoms with Crippen LogP contribution in [0.4, 0.5) is 5.69 Å². The van der Waals surface area contributed by atoms with Gasteiger partial charge in [-0.2, -0.15) is 0 Å². The summed E-state index contributed by atoms with van der Waals surface area (Å²) in [7, 11) is 0. The molecule has 4 fully saturated rings. The van der Waals surface area contributed by atoms with Gasteiger partial charge in [0.1, 0.15) is 11.6 Å². The number of hydrogen-bond acceptors (Lipinski definition) is 5. The average Bonchev–Trinajstić information content (AvgIpc) is 3.70. The number of hydrogen-bond donors (Lipinski definition) is 2. The van der Waals surface area contributed by atoms with Gasteiger partial charge >= 0.3 is 0 Å². The standard InChI is InChI=1S/C37H44Cl2N4O4/c38-26-21-27(39)23-29(22-26)41-34(44)31-30-12-15-37(47-30)32(31)36(46)43(33(37)35(45)40-28-10-5-2-6-11-28)17-7-16-42-18-13-25(14-19-42)20-24-8-3-1-4-9-24/h1,3-4,8-9,12,15,21-23,25,28,30-33H,2,5-7,10-11,13-14,16-20H2,(H,40,45)(H,41,44)/t30-,31?,32-,33?,37?/m1/s1. The quantitative estimate of drug-likeness (QED) is 0.307. The monoisotopic (exact) mass is 678 g/mol. The molecule has 2 bridgehead atoms. The van der Waals surface area contributed by atoms with Gasteiger partial charge in [-0.3, -0.25) is 14.4 Å². The Kier molecular flexibility index (Phi) is 9.65. The highest BCUT2D eigenvalue weighted by atomic mass is 35.5. The lowest BCUT2D eigenvalue weighted by molar-refractivity contribution is -0.141. The molecule has 8 nitrogen and oxygen atoms in total. The van der Waals surface area contributed by atoms with Crippen LogP contribution in [0, 0.1) is 17.8 Å². The van der Waals surface area contributed by atoms with Crippen molar-refractivity contribution in [2.45, 2.75) is 81.6 Å². The van der Waals surface area contributed by atoms with Crippen LogP contribution in [0.1, 0.15) is 56.9 Å². The van der Waals surface area contributed by atoms with Crippen molar-refractivity contribution >= 4 is 46.6 Å². The number of anilines is 1. The van der Waals surface area contributed by atoms with Crippen LogP contribution in [0.2, 0.25) is 10.0 Å². The zero-order valence-electron chi connectivity index (χ0n) is 26.7. The second-order valence-electron chi connectivity index (χ2n) is 14.1. The van der Waals surface area contributed by atoms with E-state index >= 15 is 0 Å². The van der Waals surface area contributed by atoms with Gasteiger partial charge in [0.05, 0.1) is 17.9 Å². The van der Waals surface area contributed by atoms with Crippen LogP contribution >= 0.6 is 23.2 Å². The van der Waals surface area contributed by atoms with Crippen molar-refractivity contribution in [1.82, 2.24) is 15.1 Å². The molecule has 5 aliphatic rings. The van der Waals surface area contributed by atoms with Crippen molar-refractivity contribution in [2.24, 2.45) is 17.8 Å². The summed E-state index contributed by atoms with van der Waals surface area (Å²) in [5.41, 5.74) is 0.675. The first-order valence-corrected chi connectivity index (χ1v) is 18.1. The van der Waals surface area contributed by atoms with Gasteiger partial charge in [-0.05, 0) is 87.8 Å². The summed E-state index contributed by atoms with van der Waals surface area (Å²) >= 11 is 12.4. The lowest BCUT2D eigenvalue weighted by Crippen LogP contribution is -2.56. The topological polar surface area (TPSA) is 91.0 Å². The van der Waals surface area contributed by atoms with E-state index in [0.29, 0.717) is 28.2 Å². The van der Waals surface area contributed by atoms with Crippen LogP contribution in [-0.4, -0.2) is 77.5 Å². The number of carbonyl (C=O) groups excluding carboxylic acids is 3. The predicted octanol–water partition coefficient (Wildman–Crippen LogP) is 5.88. The summed E-state index contributed by atoms with van der Waals surface area (Å²) in [5, 5.41) is 6.98. The first kappa shape index (κ1) is 32.6. The molecule has 1 spiro atoms. The highest BCUT2D eigenvalue weighted by molar-refractivity contribution is 6.35. The largest absolute Gasteiger partial charge is 0.359 e. The van der Waals surface area contributed by atoms with E-state index in [1.54, 1.807) is 23.1 Å². The molecule has 4 heterocycles. The van der Waals surface area contributed by atoms with Crippen LogP contribution < -0.4 is 10.6 Å². The SMILES string of the molecule is O=C(Nc1cc(Cl)cc(Cl)c1)C1[C@H]2C=CC3(O2)C(C(=O)NC2CCCCC2)N(CCCN2CCC(Cc4ccccc4)CC2)C(=O)[C@@H]13. The fourth-order valence-electron chi connectivity index (χ4n) is 8.71. The number of fused-ring (bicyclic) bond motifs is 1. The molecule has 4 aliphatic heterocycles. The smallest absolute Gasteiger partial charge is 0.246 e. The van der Waals surface area contributed by atoms with E-state index in [1.165, 1.54) is 12.0 Å². The zero-order chi connectivity index (χ0) is 32.5. The molecule has 1 saturated carbocycles. The van der Waals surface area contributed by atoms with Crippen LogP contribution in [0.25, 0.3) is 0 Å². The van der Waals surface area contributed by atoms with E-state index in [1.807, 2.05) is 12.2 Å². The molecule has 3 unspecified atom stereocenters. The second-order valence-corrected chi connectivity index (χ2v) is 14.9. The molecule has 3 amide bonds. The number of halogens is 2. The highest BCUT2D eigenvalue weighted by Gasteiger charge is 2.72. The van der Waals surface area contributed by atoms with Crippen molar-refractivity contribution in [3.8, 4) is 0 Å². The molecular formula is C37H44Cl2N4O4. The molecule has 250 valence electrons. The third kappa shape index (κ3) is 6.71. The summed E-state index contributed by atoms with van der Waals surface area (Å²) in [6.45, 7) is 3.36. The fraction of sp³-hybridized carbons (Fsp3) is 0.541. The maximum atomic E-state index is 14.3. The van der Waals surface area contributed by atoms with E-state index < -0.39 is 29.6 Å². The summed E-state index contributed by atoms with van der Waals surface area (Å²) in [6.07, 6.45) is 12.5. The minimum Gasteiger partial charge on any atom is -0.359 e. The number of likely N-dealkylation sites (tertiary alicyclic amines) is 2. The van der Waals surface area contributed by atoms with Gasteiger partial charge in [-0.15, -0.1) is 0 Å². The lowest BCUT2D eigenvalue weighted by atomic mass is 9.74. The molecule has 1 aliphatic carbocycles. The normalized spacial score (nSPS) is 29.3. The van der Waals surface area contributed by atoms with Crippen LogP contribution in [-0.2, 0) is 25.5 Å². The minimum atomic E-state index is -1.18. The number of carbonyl (C=O) groups is 3. The number of piperidine rings is 1. The van der Waals surface area contributed by atoms with Crippen molar-refractivity contribution in [3.63, 3.8) is 0 Å². The summed E-state index contributed by atoms with van der Waals surface area (Å²) in [4.78, 5) is 46.5. The molecule has 47 heavy (non-hydrogen) atoms. The van der Waals surface area contributed by atoms with Gasteiger partial charge in [0.15, 0.2) is 0 Å². The number of nitrogens with one attached hydrogen (secondary N) is 2. The van der Waals surface area contributed by atoms with Gasteiger partial charge in [0.2, 0.25) is 17.7 Å². The number of ether oxygens (including phenoxy) is 1. The van der Waals surface area contributed by atoms with E-state index in [-0.39, 0.29) is 23.8 Å². The van der Waals surface area contributed by atoms with E-state index in [2.05, 4.69) is 45.9 Å². The maximum absolute atomic E-state index is 14.3. The third-order valence-corrected chi connectivity index (χ3v) is 11.4. The summed E-state index contributed by atoms with van der Waals surface area (Å²) in [5.74, 6) is -1.59. The molecular weight excluding hydrogens is 635 g/mol. The molecule has 0 aromatic heterocycles. The lowest BCUT2D eigenvalue weighted by Gasteiger charge is -2.35. The highest BCUT2D eigenvalue weighted by Crippen LogP contribution is 2.55. The van der Waals surface area contributed by atoms with Gasteiger partial charge in [-0.25, -0.2) is 0 Å². The Morgan fingerprint density at radius 2 is 1.64 bits per heavy atom. The number of benzene rings is 2. The Balaban J connectivity index is 1.04. The number of rotatable bonds is 10. The van der Waals surface area contributed by atoms with E-state index in [9.17, 15) is 14.4 Å². The minimum absolute atomic E-state index is 0.0927. The van der Waals surface area contributed by atoms with E-state index in [4.69, 9.17) is 27.9 Å². The molecule has 5 atom stereocenters.